The van der Waals surface area contributed by atoms with Gasteiger partial charge in [0, 0.05) is 25.6 Å². The summed E-state index contributed by atoms with van der Waals surface area (Å²) in [6.07, 6.45) is 1.93. The monoisotopic (exact) mass is 370 g/mol. The lowest BCUT2D eigenvalue weighted by atomic mass is 9.90. The predicted octanol–water partition coefficient (Wildman–Crippen LogP) is 5.74. The van der Waals surface area contributed by atoms with Crippen LogP contribution in [0.2, 0.25) is 25.7 Å². The number of benzene rings is 2. The minimum absolute atomic E-state index is 0.0242. The van der Waals surface area contributed by atoms with Crippen LogP contribution in [0.1, 0.15) is 17.0 Å². The topological polar surface area (TPSA) is 27.7 Å². The van der Waals surface area contributed by atoms with Crippen LogP contribution in [0.15, 0.2) is 55.1 Å². The molecule has 140 valence electrons. The third-order valence-corrected chi connectivity index (χ3v) is 6.06. The Morgan fingerprint density at radius 1 is 0.962 bits per heavy atom. The summed E-state index contributed by atoms with van der Waals surface area (Å²) >= 11 is 0. The summed E-state index contributed by atoms with van der Waals surface area (Å²) in [5.74, 6) is 2.25. The van der Waals surface area contributed by atoms with Crippen molar-refractivity contribution in [3.63, 3.8) is 0 Å². The van der Waals surface area contributed by atoms with Crippen LogP contribution >= 0.6 is 0 Å². The molecule has 0 bridgehead atoms. The Labute approximate surface area is 158 Å². The highest BCUT2D eigenvalue weighted by atomic mass is 28.3. The number of allylic oxidation sites excluding steroid dienone is 1. The summed E-state index contributed by atoms with van der Waals surface area (Å²) in [6.45, 7) is 11.7. The highest BCUT2D eigenvalue weighted by Gasteiger charge is 2.20. The first kappa shape index (κ1) is 20.1. The fourth-order valence-corrected chi connectivity index (χ4v) is 3.53. The van der Waals surface area contributed by atoms with Gasteiger partial charge in [-0.25, -0.2) is 0 Å². The van der Waals surface area contributed by atoms with Crippen LogP contribution in [0.3, 0.4) is 0 Å². The van der Waals surface area contributed by atoms with E-state index in [1.165, 1.54) is 0 Å². The molecule has 2 rings (SSSR count). The van der Waals surface area contributed by atoms with Gasteiger partial charge in [-0.3, -0.25) is 0 Å². The summed E-state index contributed by atoms with van der Waals surface area (Å²) in [5.41, 5.74) is 2.18. The molecule has 0 saturated carbocycles. The van der Waals surface area contributed by atoms with Gasteiger partial charge in [0.15, 0.2) is 11.5 Å². The molecule has 0 fully saturated rings. The summed E-state index contributed by atoms with van der Waals surface area (Å²) < 4.78 is 17.3. The summed E-state index contributed by atoms with van der Waals surface area (Å²) in [5, 5.41) is 0. The smallest absolute Gasteiger partial charge is 0.164 e. The average Bonchev–Trinajstić information content (AvgIpc) is 2.62. The standard InChI is InChI=1S/C22H30O3Si/c1-7-18(17-11-9-8-10-12-17)19-15-21(24-3)22(16-20(19)23-2)25-13-14-26(4,5)6/h7-12,15-16,18H,1,13-14H2,2-6H3/t18-/m1/s1. The van der Waals surface area contributed by atoms with Gasteiger partial charge in [-0.05, 0) is 17.7 Å². The van der Waals surface area contributed by atoms with Crippen molar-refractivity contribution in [1.29, 1.82) is 0 Å². The van der Waals surface area contributed by atoms with Crippen LogP contribution in [0, 0.1) is 0 Å². The number of hydrogen-bond donors (Lipinski definition) is 0. The van der Waals surface area contributed by atoms with Gasteiger partial charge in [-0.1, -0.05) is 56.0 Å². The quantitative estimate of drug-likeness (QED) is 0.416. The molecule has 0 aromatic heterocycles. The van der Waals surface area contributed by atoms with Gasteiger partial charge in [0.05, 0.1) is 20.8 Å². The lowest BCUT2D eigenvalue weighted by Crippen LogP contribution is -2.22. The molecule has 0 amide bonds. The van der Waals surface area contributed by atoms with E-state index >= 15 is 0 Å². The van der Waals surface area contributed by atoms with E-state index < -0.39 is 8.07 Å². The fourth-order valence-electron chi connectivity index (χ4n) is 2.82. The number of methoxy groups -OCH3 is 2. The molecule has 0 spiro atoms. The van der Waals surface area contributed by atoms with E-state index in [9.17, 15) is 0 Å². The first-order chi connectivity index (χ1) is 12.4. The summed E-state index contributed by atoms with van der Waals surface area (Å²) in [7, 11) is 2.20. The maximum atomic E-state index is 6.02. The average molecular weight is 371 g/mol. The molecule has 0 unspecified atom stereocenters. The maximum Gasteiger partial charge on any atom is 0.164 e. The first-order valence-electron chi connectivity index (χ1n) is 8.96. The number of ether oxygens (including phenoxy) is 3. The molecule has 0 radical (unpaired) electrons. The molecule has 0 N–H and O–H groups in total. The maximum absolute atomic E-state index is 6.02. The minimum Gasteiger partial charge on any atom is -0.496 e. The highest BCUT2D eigenvalue weighted by molar-refractivity contribution is 6.76. The van der Waals surface area contributed by atoms with Crippen molar-refractivity contribution in [2.75, 3.05) is 20.8 Å². The van der Waals surface area contributed by atoms with Crippen molar-refractivity contribution in [2.24, 2.45) is 0 Å². The van der Waals surface area contributed by atoms with Crippen molar-refractivity contribution in [2.45, 2.75) is 31.6 Å². The van der Waals surface area contributed by atoms with Crippen LogP contribution in [0.4, 0.5) is 0 Å². The van der Waals surface area contributed by atoms with Gasteiger partial charge < -0.3 is 14.2 Å². The summed E-state index contributed by atoms with van der Waals surface area (Å²) in [6, 6.07) is 15.3. The molecule has 1 atom stereocenters. The third kappa shape index (κ3) is 5.15. The van der Waals surface area contributed by atoms with Crippen molar-refractivity contribution in [3.8, 4) is 17.2 Å². The second kappa shape index (κ2) is 8.95. The zero-order chi connectivity index (χ0) is 19.2. The fraction of sp³-hybridized carbons (Fsp3) is 0.364. The lowest BCUT2D eigenvalue weighted by Gasteiger charge is -2.21. The zero-order valence-corrected chi connectivity index (χ0v) is 17.5. The molecule has 4 heteroatoms. The van der Waals surface area contributed by atoms with Gasteiger partial charge in [-0.15, -0.1) is 6.58 Å². The number of hydrogen-bond acceptors (Lipinski definition) is 3. The van der Waals surface area contributed by atoms with Crippen molar-refractivity contribution in [1.82, 2.24) is 0 Å². The molecule has 2 aromatic rings. The van der Waals surface area contributed by atoms with E-state index in [0.29, 0.717) is 6.61 Å². The van der Waals surface area contributed by atoms with Gasteiger partial charge in [0.1, 0.15) is 5.75 Å². The Balaban J connectivity index is 2.37. The van der Waals surface area contributed by atoms with E-state index in [1.54, 1.807) is 14.2 Å². The lowest BCUT2D eigenvalue weighted by molar-refractivity contribution is 0.305. The molecule has 26 heavy (non-hydrogen) atoms. The molecule has 2 aromatic carbocycles. The van der Waals surface area contributed by atoms with Gasteiger partial charge in [0.25, 0.3) is 0 Å². The predicted molar refractivity (Wildman–Crippen MR) is 112 cm³/mol. The van der Waals surface area contributed by atoms with E-state index in [0.717, 1.165) is 34.4 Å². The Hall–Kier alpha value is -2.20. The SMILES string of the molecule is C=C[C@H](c1ccccc1)c1cc(OC)c(OCC[Si](C)(C)C)cc1OC. The van der Waals surface area contributed by atoms with Crippen molar-refractivity contribution < 1.29 is 14.2 Å². The van der Waals surface area contributed by atoms with E-state index in [4.69, 9.17) is 14.2 Å². The van der Waals surface area contributed by atoms with Gasteiger partial charge >= 0.3 is 0 Å². The zero-order valence-electron chi connectivity index (χ0n) is 16.5. The normalized spacial score (nSPS) is 12.3. The minimum atomic E-state index is -1.15. The number of rotatable bonds is 9. The van der Waals surface area contributed by atoms with Crippen molar-refractivity contribution >= 4 is 8.07 Å². The first-order valence-corrected chi connectivity index (χ1v) is 12.7. The molecule has 0 aliphatic carbocycles. The van der Waals surface area contributed by atoms with Crippen LogP contribution in [-0.2, 0) is 0 Å². The Morgan fingerprint density at radius 2 is 1.62 bits per heavy atom. The van der Waals surface area contributed by atoms with E-state index in [2.05, 4.69) is 38.4 Å². The molecule has 0 aliphatic heterocycles. The highest BCUT2D eigenvalue weighted by Crippen LogP contribution is 2.41. The molecule has 0 heterocycles. The van der Waals surface area contributed by atoms with Crippen LogP contribution in [0.25, 0.3) is 0 Å². The Kier molecular flexibility index (Phi) is 6.92. The van der Waals surface area contributed by atoms with Crippen molar-refractivity contribution in [3.05, 3.63) is 66.2 Å². The molecular formula is C22H30O3Si. The van der Waals surface area contributed by atoms with Crippen LogP contribution in [0.5, 0.6) is 17.2 Å². The van der Waals surface area contributed by atoms with E-state index in [1.807, 2.05) is 36.4 Å². The molecule has 0 saturated heterocycles. The van der Waals surface area contributed by atoms with Gasteiger partial charge in [0.2, 0.25) is 0 Å². The second-order valence-electron chi connectivity index (χ2n) is 7.53. The Bertz CT molecular complexity index is 720. The summed E-state index contributed by atoms with van der Waals surface area (Å²) in [4.78, 5) is 0. The Morgan fingerprint density at radius 3 is 2.15 bits per heavy atom. The largest absolute Gasteiger partial charge is 0.496 e. The second-order valence-corrected chi connectivity index (χ2v) is 13.1. The molecule has 3 nitrogen and oxygen atoms in total. The molecular weight excluding hydrogens is 340 g/mol. The molecule has 0 aliphatic rings. The van der Waals surface area contributed by atoms with Crippen LogP contribution in [-0.4, -0.2) is 28.9 Å². The van der Waals surface area contributed by atoms with Gasteiger partial charge in [-0.2, -0.15) is 0 Å². The van der Waals surface area contributed by atoms with E-state index in [-0.39, 0.29) is 5.92 Å². The van der Waals surface area contributed by atoms with Crippen LogP contribution < -0.4 is 14.2 Å². The third-order valence-electron chi connectivity index (χ3n) is 4.36.